The molecule has 0 aliphatic carbocycles. The SMILES string of the molecule is O=C(O)C1C(O)CCN1c1ccc(OCNc2cccc(-n3[nH]nnc3=S)c2)cc1. The first-order valence-corrected chi connectivity index (χ1v) is 9.68. The molecular formula is C19H20N6O4S. The number of carbonyl (C=O) groups is 1. The zero-order valence-corrected chi connectivity index (χ0v) is 16.6. The maximum absolute atomic E-state index is 11.4. The van der Waals surface area contributed by atoms with Gasteiger partial charge >= 0.3 is 5.97 Å². The molecule has 2 heterocycles. The molecule has 1 aromatic heterocycles. The van der Waals surface area contributed by atoms with E-state index < -0.39 is 18.1 Å². The van der Waals surface area contributed by atoms with Crippen molar-refractivity contribution in [1.29, 1.82) is 0 Å². The lowest BCUT2D eigenvalue weighted by Gasteiger charge is -2.25. The Morgan fingerprint density at radius 2 is 2.07 bits per heavy atom. The summed E-state index contributed by atoms with van der Waals surface area (Å²) in [7, 11) is 0. The summed E-state index contributed by atoms with van der Waals surface area (Å²) < 4.78 is 7.64. The minimum absolute atomic E-state index is 0.232. The summed E-state index contributed by atoms with van der Waals surface area (Å²) in [5, 5.41) is 32.5. The van der Waals surface area contributed by atoms with E-state index in [-0.39, 0.29) is 6.73 Å². The molecule has 156 valence electrons. The van der Waals surface area contributed by atoms with E-state index in [1.54, 1.807) is 33.8 Å². The van der Waals surface area contributed by atoms with Gasteiger partial charge in [-0.15, -0.1) is 0 Å². The third-order valence-electron chi connectivity index (χ3n) is 4.88. The highest BCUT2D eigenvalue weighted by molar-refractivity contribution is 7.71. The van der Waals surface area contributed by atoms with Crippen LogP contribution in [-0.4, -0.2) is 61.8 Å². The van der Waals surface area contributed by atoms with E-state index in [1.165, 1.54) is 0 Å². The Hall–Kier alpha value is -3.44. The molecule has 2 atom stereocenters. The highest BCUT2D eigenvalue weighted by atomic mass is 32.1. The second-order valence-corrected chi connectivity index (χ2v) is 7.13. The van der Waals surface area contributed by atoms with Crippen LogP contribution in [0.4, 0.5) is 11.4 Å². The van der Waals surface area contributed by atoms with Gasteiger partial charge in [0.2, 0.25) is 4.77 Å². The van der Waals surface area contributed by atoms with Crippen molar-refractivity contribution in [3.63, 3.8) is 0 Å². The average Bonchev–Trinajstić information content (AvgIpc) is 3.34. The number of nitrogens with one attached hydrogen (secondary N) is 2. The number of ether oxygens (including phenoxy) is 1. The second kappa shape index (κ2) is 8.51. The molecule has 10 nitrogen and oxygen atoms in total. The van der Waals surface area contributed by atoms with Crippen LogP contribution in [0.2, 0.25) is 0 Å². The molecule has 1 saturated heterocycles. The van der Waals surface area contributed by atoms with Crippen LogP contribution in [0, 0.1) is 4.77 Å². The topological polar surface area (TPSA) is 129 Å². The van der Waals surface area contributed by atoms with E-state index in [0.29, 0.717) is 23.5 Å². The maximum Gasteiger partial charge on any atom is 0.329 e. The van der Waals surface area contributed by atoms with Crippen molar-refractivity contribution in [3.05, 3.63) is 53.3 Å². The fourth-order valence-electron chi connectivity index (χ4n) is 3.42. The molecule has 2 aromatic carbocycles. The Morgan fingerprint density at radius 3 is 2.77 bits per heavy atom. The van der Waals surface area contributed by atoms with Crippen LogP contribution in [0.15, 0.2) is 48.5 Å². The van der Waals surface area contributed by atoms with E-state index >= 15 is 0 Å². The van der Waals surface area contributed by atoms with Gasteiger partial charge in [0.15, 0.2) is 12.8 Å². The van der Waals surface area contributed by atoms with Crippen LogP contribution in [0.25, 0.3) is 5.69 Å². The van der Waals surface area contributed by atoms with Gasteiger partial charge in [0.05, 0.1) is 11.8 Å². The number of aromatic amines is 1. The monoisotopic (exact) mass is 428 g/mol. The van der Waals surface area contributed by atoms with Gasteiger partial charge in [0.1, 0.15) is 5.75 Å². The Kier molecular flexibility index (Phi) is 5.63. The van der Waals surface area contributed by atoms with Crippen LogP contribution in [-0.2, 0) is 4.79 Å². The number of rotatable bonds is 7. The molecule has 0 spiro atoms. The smallest absolute Gasteiger partial charge is 0.329 e. The molecule has 30 heavy (non-hydrogen) atoms. The first-order chi connectivity index (χ1) is 14.5. The summed E-state index contributed by atoms with van der Waals surface area (Å²) in [5.41, 5.74) is 2.35. The predicted octanol–water partition coefficient (Wildman–Crippen LogP) is 1.80. The summed E-state index contributed by atoms with van der Waals surface area (Å²) in [6.45, 7) is 0.724. The van der Waals surface area contributed by atoms with Crippen LogP contribution < -0.4 is 15.0 Å². The zero-order chi connectivity index (χ0) is 21.1. The number of H-pyrrole nitrogens is 1. The summed E-state index contributed by atoms with van der Waals surface area (Å²) >= 11 is 5.10. The van der Waals surface area contributed by atoms with Crippen molar-refractivity contribution < 1.29 is 19.7 Å². The van der Waals surface area contributed by atoms with E-state index in [4.69, 9.17) is 17.0 Å². The Labute approximate surface area is 176 Å². The van der Waals surface area contributed by atoms with Crippen molar-refractivity contribution in [1.82, 2.24) is 20.2 Å². The molecule has 2 unspecified atom stereocenters. The molecule has 11 heteroatoms. The summed E-state index contributed by atoms with van der Waals surface area (Å²) in [4.78, 5) is 13.1. The molecule has 0 amide bonds. The summed E-state index contributed by atoms with van der Waals surface area (Å²) in [5.74, 6) is -0.395. The number of carboxylic acid groups (broad SMARTS) is 1. The van der Waals surface area contributed by atoms with Crippen LogP contribution >= 0.6 is 12.2 Å². The molecule has 3 aromatic rings. The molecule has 0 saturated carbocycles. The molecule has 0 bridgehead atoms. The largest absolute Gasteiger partial charge is 0.480 e. The van der Waals surface area contributed by atoms with E-state index in [1.807, 2.05) is 24.3 Å². The summed E-state index contributed by atoms with van der Waals surface area (Å²) in [6, 6.07) is 13.7. The molecule has 1 aliphatic rings. The lowest BCUT2D eigenvalue weighted by atomic mass is 10.1. The highest BCUT2D eigenvalue weighted by Gasteiger charge is 2.38. The zero-order valence-electron chi connectivity index (χ0n) is 15.8. The van der Waals surface area contributed by atoms with Gasteiger partial charge in [0.25, 0.3) is 0 Å². The number of nitrogens with zero attached hydrogens (tertiary/aromatic N) is 4. The van der Waals surface area contributed by atoms with Gasteiger partial charge in [-0.1, -0.05) is 16.4 Å². The van der Waals surface area contributed by atoms with Crippen molar-refractivity contribution in [3.8, 4) is 11.4 Å². The van der Waals surface area contributed by atoms with Gasteiger partial charge in [-0.25, -0.2) is 9.48 Å². The average molecular weight is 428 g/mol. The second-order valence-electron chi connectivity index (χ2n) is 6.76. The van der Waals surface area contributed by atoms with Crippen LogP contribution in [0.3, 0.4) is 0 Å². The molecule has 1 aliphatic heterocycles. The Morgan fingerprint density at radius 1 is 1.27 bits per heavy atom. The Balaban J connectivity index is 1.36. The van der Waals surface area contributed by atoms with Gasteiger partial charge in [-0.2, -0.15) is 5.21 Å². The molecule has 0 radical (unpaired) electrons. The minimum atomic E-state index is -1.03. The fraction of sp³-hybridized carbons (Fsp3) is 0.263. The quantitative estimate of drug-likeness (QED) is 0.329. The van der Waals surface area contributed by atoms with E-state index in [0.717, 1.165) is 17.1 Å². The molecule has 4 N–H and O–H groups in total. The van der Waals surface area contributed by atoms with Crippen LogP contribution in [0.1, 0.15) is 6.42 Å². The third kappa shape index (κ3) is 4.11. The van der Waals surface area contributed by atoms with Crippen molar-refractivity contribution in [2.24, 2.45) is 0 Å². The molecule has 1 fully saturated rings. The number of tetrazole rings is 1. The molecular weight excluding hydrogens is 408 g/mol. The minimum Gasteiger partial charge on any atom is -0.480 e. The number of hydrogen-bond donors (Lipinski definition) is 4. The highest BCUT2D eigenvalue weighted by Crippen LogP contribution is 2.28. The first kappa shape index (κ1) is 19.9. The van der Waals surface area contributed by atoms with Crippen molar-refractivity contribution in [2.75, 3.05) is 23.5 Å². The number of aromatic nitrogens is 4. The number of aliphatic carboxylic acids is 1. The van der Waals surface area contributed by atoms with Gasteiger partial charge in [-0.05, 0) is 61.1 Å². The number of anilines is 2. The number of aliphatic hydroxyl groups is 1. The maximum atomic E-state index is 11.4. The molecule has 4 rings (SSSR count). The standard InChI is InChI=1S/C19H20N6O4S/c26-16-8-9-24(17(16)18(27)28)13-4-6-15(7-5-13)29-11-20-12-2-1-3-14(10-12)25-19(30)21-22-23-25/h1-7,10,16-17,20,26H,8-9,11H2,(H,27,28)(H,21,23,30). The summed E-state index contributed by atoms with van der Waals surface area (Å²) in [6.07, 6.45) is -0.441. The predicted molar refractivity (Wildman–Crippen MR) is 111 cm³/mol. The number of benzene rings is 2. The fourth-order valence-corrected chi connectivity index (χ4v) is 3.61. The first-order valence-electron chi connectivity index (χ1n) is 9.28. The van der Waals surface area contributed by atoms with Crippen molar-refractivity contribution in [2.45, 2.75) is 18.6 Å². The van der Waals surface area contributed by atoms with E-state index in [2.05, 4.69) is 20.8 Å². The number of carboxylic acids is 1. The van der Waals surface area contributed by atoms with Gasteiger partial charge < -0.3 is 25.2 Å². The normalized spacial score (nSPS) is 18.4. The van der Waals surface area contributed by atoms with Gasteiger partial charge in [0, 0.05) is 17.9 Å². The Bertz CT molecular complexity index is 1080. The van der Waals surface area contributed by atoms with Crippen LogP contribution in [0.5, 0.6) is 5.75 Å². The van der Waals surface area contributed by atoms with Gasteiger partial charge in [-0.3, -0.25) is 0 Å². The van der Waals surface area contributed by atoms with E-state index in [9.17, 15) is 15.0 Å². The number of aliphatic hydroxyl groups excluding tert-OH is 1. The van der Waals surface area contributed by atoms with Crippen molar-refractivity contribution >= 4 is 29.6 Å². The third-order valence-corrected chi connectivity index (χ3v) is 5.14. The lowest BCUT2D eigenvalue weighted by molar-refractivity contribution is -0.140. The number of hydrogen-bond acceptors (Lipinski definition) is 8. The lowest BCUT2D eigenvalue weighted by Crippen LogP contribution is -2.41.